The molecular formula is C44H37BrK2N8O13. The normalized spacial score (nSPS) is 12.2. The number of aromatic nitrogens is 4. The van der Waals surface area contributed by atoms with Crippen molar-refractivity contribution in [2.75, 3.05) is 18.5 Å². The minimum absolute atomic E-state index is 0. The summed E-state index contributed by atoms with van der Waals surface area (Å²) in [6, 6.07) is 31.6. The molecule has 4 aromatic heterocycles. The van der Waals surface area contributed by atoms with E-state index in [1.54, 1.807) is 0 Å². The Bertz CT molecular complexity index is 3310. The number of aliphatic hydroxyl groups is 3. The molecule has 0 radical (unpaired) electrons. The van der Waals surface area contributed by atoms with E-state index in [-0.39, 0.29) is 160 Å². The minimum Gasteiger partial charge on any atom is -1.00 e. The van der Waals surface area contributed by atoms with Crippen LogP contribution in [-0.4, -0.2) is 81.1 Å². The van der Waals surface area contributed by atoms with Crippen molar-refractivity contribution in [3.63, 3.8) is 0 Å². The number of rotatable bonds is 8. The van der Waals surface area contributed by atoms with Crippen molar-refractivity contribution >= 4 is 77.6 Å². The van der Waals surface area contributed by atoms with E-state index in [1.807, 2.05) is 65.2 Å². The summed E-state index contributed by atoms with van der Waals surface area (Å²) in [7, 11) is 0. The predicted octanol–water partition coefficient (Wildman–Crippen LogP) is -1.34. The van der Waals surface area contributed by atoms with Crippen LogP contribution in [0.5, 0.6) is 5.75 Å². The molecule has 24 heteroatoms. The smallest absolute Gasteiger partial charge is 1.00 e. The number of non-ortho nitro benzene ring substituents is 2. The molecule has 0 saturated heterocycles. The van der Waals surface area contributed by atoms with Gasteiger partial charge in [-0.2, -0.15) is 10.5 Å². The number of aliphatic hydroxyl groups excluding tert-OH is 3. The molecule has 0 amide bonds. The van der Waals surface area contributed by atoms with E-state index in [9.17, 15) is 45.4 Å². The number of aromatic amines is 1. The monoisotopic (exact) mass is 1040 g/mol. The van der Waals surface area contributed by atoms with Gasteiger partial charge in [0, 0.05) is 57.3 Å². The third kappa shape index (κ3) is 11.9. The number of fused-ring (bicyclic) bond motifs is 6. The number of halogens is 1. The Morgan fingerprint density at radius 2 is 1.37 bits per heavy atom. The van der Waals surface area contributed by atoms with Crippen LogP contribution < -0.4 is 124 Å². The average molecular weight is 1040 g/mol. The van der Waals surface area contributed by atoms with Gasteiger partial charge in [-0.1, -0.05) is 59.8 Å². The summed E-state index contributed by atoms with van der Waals surface area (Å²) < 4.78 is 10.6. The van der Waals surface area contributed by atoms with Crippen molar-refractivity contribution in [3.05, 3.63) is 155 Å². The molecule has 5 heterocycles. The molecule has 2 atom stereocenters. The van der Waals surface area contributed by atoms with Crippen LogP contribution in [-0.2, 0) is 16.2 Å². The molecule has 1 aliphatic heterocycles. The Kier molecular flexibility index (Phi) is 22.0. The Labute approximate surface area is 479 Å². The van der Waals surface area contributed by atoms with Gasteiger partial charge in [-0.3, -0.25) is 43.7 Å². The van der Waals surface area contributed by atoms with Crippen LogP contribution in [0.2, 0.25) is 0 Å². The second kappa shape index (κ2) is 26.1. The number of alkyl halides is 1. The fourth-order valence-corrected chi connectivity index (χ4v) is 7.27. The van der Waals surface area contributed by atoms with Crippen LogP contribution in [0, 0.1) is 42.9 Å². The molecule has 340 valence electrons. The summed E-state index contributed by atoms with van der Waals surface area (Å²) in [6.45, 7) is -0.244. The predicted molar refractivity (Wildman–Crippen MR) is 243 cm³/mol. The first kappa shape index (κ1) is 57.3. The molecule has 4 N–H and O–H groups in total. The van der Waals surface area contributed by atoms with Crippen molar-refractivity contribution < 1.29 is 149 Å². The van der Waals surface area contributed by atoms with E-state index in [0.717, 1.165) is 21.8 Å². The van der Waals surface area contributed by atoms with E-state index in [0.29, 0.717) is 45.3 Å². The molecule has 4 aromatic carbocycles. The van der Waals surface area contributed by atoms with Crippen LogP contribution in [0.1, 0.15) is 20.0 Å². The first-order valence-electron chi connectivity index (χ1n) is 18.9. The summed E-state index contributed by atoms with van der Waals surface area (Å²) in [5.74, 6) is 0.150. The zero-order valence-electron chi connectivity index (χ0n) is 36.3. The Morgan fingerprint density at radius 1 is 0.838 bits per heavy atom. The zero-order chi connectivity index (χ0) is 46.9. The van der Waals surface area contributed by atoms with Crippen LogP contribution in [0.25, 0.3) is 55.2 Å². The second-order valence-corrected chi connectivity index (χ2v) is 14.3. The molecule has 1 aliphatic rings. The van der Waals surface area contributed by atoms with Gasteiger partial charge in [-0.25, -0.2) is 0 Å². The van der Waals surface area contributed by atoms with Crippen LogP contribution in [0.3, 0.4) is 0 Å². The average Bonchev–Trinajstić information content (AvgIpc) is 3.87. The quantitative estimate of drug-likeness (QED) is 0.0342. The number of H-pyrrole nitrogens is 1. The van der Waals surface area contributed by atoms with Crippen molar-refractivity contribution in [1.29, 1.82) is 10.5 Å². The largest absolute Gasteiger partial charge is 1.00 e. The summed E-state index contributed by atoms with van der Waals surface area (Å²) in [6.07, 6.45) is -1.18. The molecule has 9 rings (SSSR count). The molecule has 0 saturated carbocycles. The summed E-state index contributed by atoms with van der Waals surface area (Å²) in [4.78, 5) is 61.4. The first-order chi connectivity index (χ1) is 31.4. The number of pyridine rings is 2. The third-order valence-electron chi connectivity index (χ3n) is 9.85. The molecule has 0 spiro atoms. The van der Waals surface area contributed by atoms with Gasteiger partial charge in [0.2, 0.25) is 0 Å². The van der Waals surface area contributed by atoms with Crippen LogP contribution in [0.4, 0.5) is 11.4 Å². The maximum absolute atomic E-state index is 13.3. The number of nitrogens with zero attached hydrogens (tertiary/aromatic N) is 7. The van der Waals surface area contributed by atoms with Crippen molar-refractivity contribution in [2.45, 2.75) is 26.2 Å². The van der Waals surface area contributed by atoms with Crippen LogP contribution >= 0.6 is 15.9 Å². The van der Waals surface area contributed by atoms with Gasteiger partial charge >= 0.3 is 103 Å². The Balaban J connectivity index is 0.000000381. The number of carbonyl (C=O) groups excluding carboxylic acids is 1. The SMILES string of the molecule is C.N#Cc1c2c3c(c4ccccc4n3CC(CO)O2)n(-c2ccc([N+](=O)[O-])cc2)c1=O.N#Cc1cc2[nH]c3ccccc3c2n(-c2ccc([N+](=O)[O-])cc2)c1=O.O=CO[O-].OCC(O)CBr.[H-].[K+].[K+]. The van der Waals surface area contributed by atoms with Crippen molar-refractivity contribution in [2.24, 2.45) is 0 Å². The number of para-hydroxylation sites is 2. The van der Waals surface area contributed by atoms with Gasteiger partial charge in [0.25, 0.3) is 29.0 Å². The van der Waals surface area contributed by atoms with E-state index in [2.05, 4.69) is 25.8 Å². The molecular weight excluding hydrogens is 1010 g/mol. The van der Waals surface area contributed by atoms with Gasteiger partial charge in [0.1, 0.15) is 29.3 Å². The number of carbonyl (C=O) groups is 1. The number of benzene rings is 4. The second-order valence-electron chi connectivity index (χ2n) is 13.7. The first-order valence-corrected chi connectivity index (χ1v) is 20.0. The maximum atomic E-state index is 13.3. The molecule has 0 bridgehead atoms. The fraction of sp³-hybridized carbons (Fsp3) is 0.159. The number of nitrogens with one attached hydrogen (secondary N) is 1. The number of nitro benzene ring substituents is 2. The number of ether oxygens (including phenoxy) is 1. The number of nitriles is 2. The summed E-state index contributed by atoms with van der Waals surface area (Å²) >= 11 is 2.96. The Hall–Kier alpha value is -4.98. The number of nitro groups is 2. The van der Waals surface area contributed by atoms with E-state index in [1.165, 1.54) is 63.7 Å². The van der Waals surface area contributed by atoms with Crippen LogP contribution in [0.15, 0.2) is 113 Å². The van der Waals surface area contributed by atoms with E-state index < -0.39 is 33.2 Å². The molecule has 0 fully saturated rings. The zero-order valence-corrected chi connectivity index (χ0v) is 43.1. The third-order valence-corrected chi connectivity index (χ3v) is 10.6. The molecule has 68 heavy (non-hydrogen) atoms. The number of hydrogen-bond donors (Lipinski definition) is 4. The molecule has 21 nitrogen and oxygen atoms in total. The molecule has 2 unspecified atom stereocenters. The molecule has 8 aromatic rings. The van der Waals surface area contributed by atoms with Gasteiger partial charge in [0.15, 0.2) is 11.3 Å². The van der Waals surface area contributed by atoms with Gasteiger partial charge in [0.05, 0.1) is 57.8 Å². The van der Waals surface area contributed by atoms with E-state index >= 15 is 0 Å². The van der Waals surface area contributed by atoms with Crippen molar-refractivity contribution in [3.8, 4) is 29.3 Å². The fourth-order valence-electron chi connectivity index (χ4n) is 7.07. The Morgan fingerprint density at radius 3 is 1.84 bits per heavy atom. The topological polar surface area (TPSA) is 318 Å². The summed E-state index contributed by atoms with van der Waals surface area (Å²) in [5.41, 5.74) is 3.55. The minimum atomic E-state index is -0.593. The summed E-state index contributed by atoms with van der Waals surface area (Å²) in [5, 5.41) is 77.4. The van der Waals surface area contributed by atoms with E-state index in [4.69, 9.17) is 25.0 Å². The molecule has 0 aliphatic carbocycles. The number of hydrogen-bond acceptors (Lipinski definition) is 15. The van der Waals surface area contributed by atoms with Crippen molar-refractivity contribution in [1.82, 2.24) is 18.7 Å². The maximum Gasteiger partial charge on any atom is 1.00 e. The van der Waals surface area contributed by atoms with Gasteiger partial charge in [-0.15, -0.1) is 0 Å². The van der Waals surface area contributed by atoms with Gasteiger partial charge < -0.3 is 41.2 Å². The standard InChI is InChI=1S/C21H14N4O5.C18H10N4O3.C3H7BrO2.CH2O3.CH4.2K.H/c22-9-16-20-19-18(24(21(16)27)12-5-7-13(8-6-12)25(28)29)15-3-1-2-4-17(15)23(19)10-14(11-26)30-20;19-10-11-9-16-17(14-3-1-2-4-15(14)20-16)21(18(11)23)12-5-7-13(8-6-12)22(24)25;4-1-3(6)2-5;2-1-4-3;;;;/h1-8,14,26H,10-11H2;1-9,20H;3,5-6H,1-2H2;1,3H;1H4;;;/q;;;;;2*+1;-1/p-1. The van der Waals surface area contributed by atoms with Gasteiger partial charge in [-0.05, 0) is 42.5 Å².